The van der Waals surface area contributed by atoms with Gasteiger partial charge in [-0.1, -0.05) is 0 Å². The number of carbonyl (C=O) groups excluding carboxylic acids is 1. The first-order chi connectivity index (χ1) is 7.09. The summed E-state index contributed by atoms with van der Waals surface area (Å²) < 4.78 is 0. The van der Waals surface area contributed by atoms with Gasteiger partial charge in [-0.15, -0.1) is 11.8 Å². The van der Waals surface area contributed by atoms with E-state index in [1.54, 1.807) is 12.1 Å². The Kier molecular flexibility index (Phi) is 4.17. The molecule has 0 aliphatic heterocycles. The van der Waals surface area contributed by atoms with Gasteiger partial charge in [0.1, 0.15) is 0 Å². The highest BCUT2D eigenvalue weighted by Gasteiger charge is 2.02. The lowest BCUT2D eigenvalue weighted by atomic mass is 10.2. The van der Waals surface area contributed by atoms with E-state index in [1.165, 1.54) is 23.9 Å². The minimum absolute atomic E-state index is 0.259. The summed E-state index contributed by atoms with van der Waals surface area (Å²) in [6.45, 7) is 0. The van der Waals surface area contributed by atoms with Crippen molar-refractivity contribution in [2.75, 3.05) is 5.75 Å². The molecule has 3 N–H and O–H groups in total. The van der Waals surface area contributed by atoms with Crippen LogP contribution in [0.1, 0.15) is 16.8 Å². The Bertz CT molecular complexity index is 361. The van der Waals surface area contributed by atoms with Gasteiger partial charge in [0.25, 0.3) is 0 Å². The number of carboxylic acid groups (broad SMARTS) is 1. The summed E-state index contributed by atoms with van der Waals surface area (Å²) in [4.78, 5) is 21.9. The number of benzene rings is 1. The first kappa shape index (κ1) is 11.6. The zero-order valence-corrected chi connectivity index (χ0v) is 8.79. The minimum Gasteiger partial charge on any atom is -0.478 e. The fourth-order valence-corrected chi connectivity index (χ4v) is 1.83. The summed E-state index contributed by atoms with van der Waals surface area (Å²) in [5, 5.41) is 8.66. The van der Waals surface area contributed by atoms with Crippen molar-refractivity contribution in [3.63, 3.8) is 0 Å². The second-order valence-electron chi connectivity index (χ2n) is 2.89. The second-order valence-corrected chi connectivity index (χ2v) is 4.06. The number of primary amides is 1. The van der Waals surface area contributed by atoms with Gasteiger partial charge in [-0.2, -0.15) is 0 Å². The molecule has 0 heterocycles. The van der Waals surface area contributed by atoms with E-state index in [0.717, 1.165) is 4.90 Å². The Morgan fingerprint density at radius 3 is 2.33 bits per heavy atom. The van der Waals surface area contributed by atoms with Crippen LogP contribution in [-0.2, 0) is 4.79 Å². The summed E-state index contributed by atoms with van der Waals surface area (Å²) in [5.74, 6) is -0.657. The van der Waals surface area contributed by atoms with Crippen LogP contribution in [-0.4, -0.2) is 22.7 Å². The maximum atomic E-state index is 10.5. The third kappa shape index (κ3) is 4.03. The molecule has 0 radical (unpaired) electrons. The van der Waals surface area contributed by atoms with Crippen molar-refractivity contribution in [2.24, 2.45) is 5.73 Å². The molecule has 0 spiro atoms. The summed E-state index contributed by atoms with van der Waals surface area (Å²) in [7, 11) is 0. The summed E-state index contributed by atoms with van der Waals surface area (Å²) >= 11 is 1.48. The van der Waals surface area contributed by atoms with Gasteiger partial charge in [0.2, 0.25) is 5.91 Å². The number of thioether (sulfide) groups is 1. The molecule has 4 nitrogen and oxygen atoms in total. The van der Waals surface area contributed by atoms with E-state index in [2.05, 4.69) is 0 Å². The average molecular weight is 225 g/mol. The Morgan fingerprint density at radius 2 is 1.87 bits per heavy atom. The van der Waals surface area contributed by atoms with Crippen molar-refractivity contribution in [3.8, 4) is 0 Å². The molecule has 0 bridgehead atoms. The van der Waals surface area contributed by atoms with Gasteiger partial charge in [-0.05, 0) is 24.3 Å². The molecular formula is C10H11NO3S. The zero-order valence-electron chi connectivity index (χ0n) is 7.97. The standard InChI is InChI=1S/C10H11NO3S/c11-9(12)5-6-15-8-3-1-7(2-4-8)10(13)14/h1-4H,5-6H2,(H2,11,12)(H,13,14). The predicted molar refractivity (Wildman–Crippen MR) is 57.9 cm³/mol. The number of hydrogen-bond donors (Lipinski definition) is 2. The Balaban J connectivity index is 2.50. The summed E-state index contributed by atoms with van der Waals surface area (Å²) in [5.41, 5.74) is 5.25. The normalized spacial score (nSPS) is 9.87. The van der Waals surface area contributed by atoms with E-state index >= 15 is 0 Å². The number of aromatic carboxylic acids is 1. The van der Waals surface area contributed by atoms with Crippen molar-refractivity contribution in [3.05, 3.63) is 29.8 Å². The molecule has 1 amide bonds. The largest absolute Gasteiger partial charge is 0.478 e. The number of nitrogens with two attached hydrogens (primary N) is 1. The molecule has 0 atom stereocenters. The van der Waals surface area contributed by atoms with Gasteiger partial charge >= 0.3 is 5.97 Å². The highest BCUT2D eigenvalue weighted by atomic mass is 32.2. The quantitative estimate of drug-likeness (QED) is 0.741. The molecule has 0 saturated heterocycles. The molecule has 0 aliphatic carbocycles. The van der Waals surface area contributed by atoms with E-state index < -0.39 is 5.97 Å². The van der Waals surface area contributed by atoms with Crippen LogP contribution < -0.4 is 5.73 Å². The van der Waals surface area contributed by atoms with Gasteiger partial charge in [0, 0.05) is 17.1 Å². The third-order valence-corrected chi connectivity index (χ3v) is 2.73. The average Bonchev–Trinajstić information content (AvgIpc) is 2.18. The van der Waals surface area contributed by atoms with Gasteiger partial charge in [0.15, 0.2) is 0 Å². The smallest absolute Gasteiger partial charge is 0.335 e. The van der Waals surface area contributed by atoms with Crippen LogP contribution in [0.2, 0.25) is 0 Å². The molecule has 0 unspecified atom stereocenters. The maximum Gasteiger partial charge on any atom is 0.335 e. The van der Waals surface area contributed by atoms with Gasteiger partial charge < -0.3 is 10.8 Å². The van der Waals surface area contributed by atoms with Crippen molar-refractivity contribution >= 4 is 23.6 Å². The fourth-order valence-electron chi connectivity index (χ4n) is 0.963. The van der Waals surface area contributed by atoms with Gasteiger partial charge in [-0.3, -0.25) is 4.79 Å². The van der Waals surface area contributed by atoms with Crippen LogP contribution >= 0.6 is 11.8 Å². The fraction of sp³-hybridized carbons (Fsp3) is 0.200. The number of rotatable bonds is 5. The second kappa shape index (κ2) is 5.41. The molecule has 5 heteroatoms. The first-order valence-corrected chi connectivity index (χ1v) is 5.32. The number of hydrogen-bond acceptors (Lipinski definition) is 3. The minimum atomic E-state index is -0.941. The third-order valence-electron chi connectivity index (χ3n) is 1.72. The van der Waals surface area contributed by atoms with Crippen LogP contribution in [0.15, 0.2) is 29.2 Å². The highest BCUT2D eigenvalue weighted by Crippen LogP contribution is 2.18. The lowest BCUT2D eigenvalue weighted by Gasteiger charge is -2.00. The molecule has 1 aromatic carbocycles. The molecule has 80 valence electrons. The van der Waals surface area contributed by atoms with Crippen LogP contribution in [0.4, 0.5) is 0 Å². The van der Waals surface area contributed by atoms with Crippen LogP contribution in [0.5, 0.6) is 0 Å². The SMILES string of the molecule is NC(=O)CCSc1ccc(C(=O)O)cc1. The summed E-state index contributed by atoms with van der Waals surface area (Å²) in [6, 6.07) is 6.51. The Labute approximate surface area is 91.5 Å². The molecule has 0 fully saturated rings. The molecule has 0 aliphatic rings. The Morgan fingerprint density at radius 1 is 1.27 bits per heavy atom. The maximum absolute atomic E-state index is 10.5. The van der Waals surface area contributed by atoms with E-state index in [-0.39, 0.29) is 11.5 Å². The van der Waals surface area contributed by atoms with Crippen molar-refractivity contribution in [2.45, 2.75) is 11.3 Å². The molecule has 1 aromatic rings. The van der Waals surface area contributed by atoms with E-state index in [0.29, 0.717) is 12.2 Å². The van der Waals surface area contributed by atoms with Crippen molar-refractivity contribution in [1.29, 1.82) is 0 Å². The van der Waals surface area contributed by atoms with Crippen LogP contribution in [0, 0.1) is 0 Å². The van der Waals surface area contributed by atoms with E-state index in [9.17, 15) is 9.59 Å². The number of carbonyl (C=O) groups is 2. The lowest BCUT2D eigenvalue weighted by Crippen LogP contribution is -2.10. The highest BCUT2D eigenvalue weighted by molar-refractivity contribution is 7.99. The first-order valence-electron chi connectivity index (χ1n) is 4.34. The molecule has 1 rings (SSSR count). The van der Waals surface area contributed by atoms with E-state index in [1.807, 2.05) is 0 Å². The number of amides is 1. The topological polar surface area (TPSA) is 80.4 Å². The zero-order chi connectivity index (χ0) is 11.3. The van der Waals surface area contributed by atoms with E-state index in [4.69, 9.17) is 10.8 Å². The van der Waals surface area contributed by atoms with Crippen molar-refractivity contribution < 1.29 is 14.7 Å². The van der Waals surface area contributed by atoms with Crippen LogP contribution in [0.3, 0.4) is 0 Å². The van der Waals surface area contributed by atoms with Gasteiger partial charge in [-0.25, -0.2) is 4.79 Å². The lowest BCUT2D eigenvalue weighted by molar-refractivity contribution is -0.117. The summed E-state index contributed by atoms with van der Waals surface area (Å²) in [6.07, 6.45) is 0.325. The molecule has 0 saturated carbocycles. The van der Waals surface area contributed by atoms with Gasteiger partial charge in [0.05, 0.1) is 5.56 Å². The van der Waals surface area contributed by atoms with Crippen molar-refractivity contribution in [1.82, 2.24) is 0 Å². The molecule has 0 aromatic heterocycles. The van der Waals surface area contributed by atoms with Crippen LogP contribution in [0.25, 0.3) is 0 Å². The molecule has 15 heavy (non-hydrogen) atoms. The Hall–Kier alpha value is -1.49. The monoisotopic (exact) mass is 225 g/mol. The predicted octanol–water partition coefficient (Wildman–Crippen LogP) is 1.35. The number of carboxylic acids is 1. The molecular weight excluding hydrogens is 214 g/mol.